The first kappa shape index (κ1) is 15.6. The molecule has 0 amide bonds. The van der Waals surface area contributed by atoms with Crippen LogP contribution in [0.3, 0.4) is 0 Å². The van der Waals surface area contributed by atoms with Gasteiger partial charge in [-0.05, 0) is 19.9 Å². The van der Waals surface area contributed by atoms with Gasteiger partial charge in [0.2, 0.25) is 10.0 Å². The second kappa shape index (κ2) is 6.10. The number of sulfonamides is 1. The largest absolute Gasteiger partial charge is 0.311 e. The molecule has 0 aliphatic heterocycles. The Morgan fingerprint density at radius 1 is 1.47 bits per heavy atom. The minimum atomic E-state index is -3.24. The van der Waals surface area contributed by atoms with Crippen LogP contribution >= 0.6 is 0 Å². The number of nitrogens with zero attached hydrogens (tertiary/aromatic N) is 2. The molecule has 1 heterocycles. The highest BCUT2D eigenvalue weighted by Gasteiger charge is 2.21. The minimum absolute atomic E-state index is 0.379. The summed E-state index contributed by atoms with van der Waals surface area (Å²) in [6.07, 6.45) is 2.70. The van der Waals surface area contributed by atoms with E-state index in [0.717, 1.165) is 11.8 Å². The summed E-state index contributed by atoms with van der Waals surface area (Å²) in [7, 11) is -3.24. The SMILES string of the molecule is CC(C)(CNCc1cccnc1C#N)NS(C)(=O)=O. The van der Waals surface area contributed by atoms with Crippen molar-refractivity contribution in [2.24, 2.45) is 0 Å². The minimum Gasteiger partial charge on any atom is -0.311 e. The predicted molar refractivity (Wildman–Crippen MR) is 72.7 cm³/mol. The Kier molecular flexibility index (Phi) is 5.00. The van der Waals surface area contributed by atoms with Gasteiger partial charge in [0.15, 0.2) is 0 Å². The lowest BCUT2D eigenvalue weighted by molar-refractivity contribution is 0.421. The van der Waals surface area contributed by atoms with Gasteiger partial charge in [-0.1, -0.05) is 6.07 Å². The average Bonchev–Trinajstić information content (AvgIpc) is 2.26. The summed E-state index contributed by atoms with van der Waals surface area (Å²) in [5.74, 6) is 0. The molecule has 0 unspecified atom stereocenters. The van der Waals surface area contributed by atoms with Gasteiger partial charge in [-0.2, -0.15) is 5.26 Å². The van der Waals surface area contributed by atoms with Gasteiger partial charge >= 0.3 is 0 Å². The van der Waals surface area contributed by atoms with E-state index in [4.69, 9.17) is 5.26 Å². The van der Waals surface area contributed by atoms with Crippen LogP contribution in [0.15, 0.2) is 18.3 Å². The highest BCUT2D eigenvalue weighted by molar-refractivity contribution is 7.88. The zero-order valence-corrected chi connectivity index (χ0v) is 12.1. The molecule has 1 rings (SSSR count). The number of pyridine rings is 1. The van der Waals surface area contributed by atoms with Crippen molar-refractivity contribution in [3.63, 3.8) is 0 Å². The Bertz CT molecular complexity index is 576. The van der Waals surface area contributed by atoms with Crippen LogP contribution in [0.5, 0.6) is 0 Å². The third-order valence-corrected chi connectivity index (χ3v) is 3.26. The Hall–Kier alpha value is -1.49. The maximum absolute atomic E-state index is 11.2. The van der Waals surface area contributed by atoms with Crippen molar-refractivity contribution < 1.29 is 8.42 Å². The van der Waals surface area contributed by atoms with Gasteiger partial charge in [0.1, 0.15) is 11.8 Å². The number of hydrogen-bond donors (Lipinski definition) is 2. The van der Waals surface area contributed by atoms with Crippen molar-refractivity contribution in [3.8, 4) is 6.07 Å². The van der Waals surface area contributed by atoms with E-state index in [0.29, 0.717) is 18.8 Å². The molecule has 0 aliphatic carbocycles. The average molecular weight is 282 g/mol. The maximum atomic E-state index is 11.2. The van der Waals surface area contributed by atoms with Crippen LogP contribution in [0, 0.1) is 11.3 Å². The second-order valence-corrected chi connectivity index (χ2v) is 6.73. The number of aromatic nitrogens is 1. The summed E-state index contributed by atoms with van der Waals surface area (Å²) in [6, 6.07) is 5.60. The molecule has 1 aromatic rings. The van der Waals surface area contributed by atoms with Gasteiger partial charge in [-0.15, -0.1) is 0 Å². The van der Waals surface area contributed by atoms with E-state index >= 15 is 0 Å². The summed E-state index contributed by atoms with van der Waals surface area (Å²) in [4.78, 5) is 3.96. The molecular weight excluding hydrogens is 264 g/mol. The van der Waals surface area contributed by atoms with Crippen molar-refractivity contribution >= 4 is 10.0 Å². The lowest BCUT2D eigenvalue weighted by Gasteiger charge is -2.25. The standard InChI is InChI=1S/C12H18N4O2S/c1-12(2,16-19(3,17)18)9-14-8-10-5-4-6-15-11(10)7-13/h4-6,14,16H,8-9H2,1-3H3. The van der Waals surface area contributed by atoms with Crippen LogP contribution in [0.2, 0.25) is 0 Å². The number of rotatable bonds is 6. The van der Waals surface area contributed by atoms with Gasteiger partial charge in [0.25, 0.3) is 0 Å². The highest BCUT2D eigenvalue weighted by atomic mass is 32.2. The van der Waals surface area contributed by atoms with Crippen molar-refractivity contribution in [2.75, 3.05) is 12.8 Å². The highest BCUT2D eigenvalue weighted by Crippen LogP contribution is 2.06. The molecule has 7 heteroatoms. The zero-order valence-electron chi connectivity index (χ0n) is 11.3. The van der Waals surface area contributed by atoms with Crippen LogP contribution < -0.4 is 10.0 Å². The molecule has 104 valence electrons. The third kappa shape index (κ3) is 5.79. The maximum Gasteiger partial charge on any atom is 0.209 e. The Morgan fingerprint density at radius 2 is 2.16 bits per heavy atom. The smallest absolute Gasteiger partial charge is 0.209 e. The molecular formula is C12H18N4O2S. The molecule has 0 atom stereocenters. The van der Waals surface area contributed by atoms with Gasteiger partial charge in [-0.3, -0.25) is 0 Å². The molecule has 6 nitrogen and oxygen atoms in total. The Balaban J connectivity index is 2.57. The van der Waals surface area contributed by atoms with E-state index in [1.165, 1.54) is 0 Å². The lowest BCUT2D eigenvalue weighted by Crippen LogP contribution is -2.49. The molecule has 0 aliphatic rings. The molecule has 0 saturated carbocycles. The molecule has 2 N–H and O–H groups in total. The quantitative estimate of drug-likeness (QED) is 0.786. The molecule has 0 saturated heterocycles. The normalized spacial score (nSPS) is 12.1. The molecule has 0 spiro atoms. The first-order chi connectivity index (χ1) is 8.73. The fourth-order valence-corrected chi connectivity index (χ4v) is 2.81. The van der Waals surface area contributed by atoms with E-state index in [2.05, 4.69) is 15.0 Å². The van der Waals surface area contributed by atoms with Crippen molar-refractivity contribution in [3.05, 3.63) is 29.6 Å². The number of nitriles is 1. The van der Waals surface area contributed by atoms with Crippen molar-refractivity contribution in [1.82, 2.24) is 15.0 Å². The van der Waals surface area contributed by atoms with Gasteiger partial charge in [0.05, 0.1) is 6.26 Å². The number of hydrogen-bond acceptors (Lipinski definition) is 5. The predicted octanol–water partition coefficient (Wildman–Crippen LogP) is 0.371. The monoisotopic (exact) mass is 282 g/mol. The molecule has 19 heavy (non-hydrogen) atoms. The van der Waals surface area contributed by atoms with E-state index in [-0.39, 0.29) is 0 Å². The molecule has 0 aromatic carbocycles. The van der Waals surface area contributed by atoms with Crippen LogP contribution in [0.1, 0.15) is 25.1 Å². The Morgan fingerprint density at radius 3 is 2.74 bits per heavy atom. The van der Waals surface area contributed by atoms with Crippen LogP contribution in [0.4, 0.5) is 0 Å². The second-order valence-electron chi connectivity index (χ2n) is 4.98. The van der Waals surface area contributed by atoms with Crippen molar-refractivity contribution in [1.29, 1.82) is 5.26 Å². The lowest BCUT2D eigenvalue weighted by atomic mass is 10.1. The fourth-order valence-electron chi connectivity index (χ4n) is 1.73. The fraction of sp³-hybridized carbons (Fsp3) is 0.500. The van der Waals surface area contributed by atoms with Gasteiger partial charge in [-0.25, -0.2) is 18.1 Å². The summed E-state index contributed by atoms with van der Waals surface area (Å²) >= 11 is 0. The Labute approximate surface area is 113 Å². The van der Waals surface area contributed by atoms with Gasteiger partial charge < -0.3 is 5.32 Å². The van der Waals surface area contributed by atoms with E-state index in [9.17, 15) is 8.42 Å². The summed E-state index contributed by atoms with van der Waals surface area (Å²) < 4.78 is 24.9. The van der Waals surface area contributed by atoms with Crippen LogP contribution in [0.25, 0.3) is 0 Å². The third-order valence-electron chi connectivity index (χ3n) is 2.34. The molecule has 0 bridgehead atoms. The van der Waals surface area contributed by atoms with Crippen LogP contribution in [-0.2, 0) is 16.6 Å². The summed E-state index contributed by atoms with van der Waals surface area (Å²) in [5.41, 5.74) is 0.576. The summed E-state index contributed by atoms with van der Waals surface area (Å²) in [6.45, 7) is 4.48. The zero-order chi connectivity index (χ0) is 14.5. The summed E-state index contributed by atoms with van der Waals surface area (Å²) in [5, 5.41) is 12.0. The number of nitrogens with one attached hydrogen (secondary N) is 2. The topological polar surface area (TPSA) is 94.9 Å². The van der Waals surface area contributed by atoms with E-state index in [1.807, 2.05) is 12.1 Å². The first-order valence-corrected chi connectivity index (χ1v) is 7.66. The molecule has 1 aromatic heterocycles. The van der Waals surface area contributed by atoms with Crippen molar-refractivity contribution in [2.45, 2.75) is 25.9 Å². The first-order valence-electron chi connectivity index (χ1n) is 5.77. The molecule has 0 fully saturated rings. The van der Waals surface area contributed by atoms with Gasteiger partial charge in [0, 0.05) is 30.4 Å². The van der Waals surface area contributed by atoms with Crippen LogP contribution in [-0.4, -0.2) is 31.7 Å². The molecule has 0 radical (unpaired) electrons. The van der Waals surface area contributed by atoms with E-state index in [1.54, 1.807) is 26.1 Å². The van der Waals surface area contributed by atoms with E-state index < -0.39 is 15.6 Å².